The quantitative estimate of drug-likeness (QED) is 0.420. The molecule has 2 N–H and O–H groups in total. The normalized spacial score (nSPS) is 13.0. The summed E-state index contributed by atoms with van der Waals surface area (Å²) in [6.45, 7) is 5.12. The number of furan rings is 1. The summed E-state index contributed by atoms with van der Waals surface area (Å²) in [5, 5.41) is 11.0. The van der Waals surface area contributed by atoms with E-state index in [0.29, 0.717) is 19.1 Å². The second-order valence-corrected chi connectivity index (χ2v) is 6.10. The number of aliphatic imine (C=N–C) groups is 1. The molecule has 5 nitrogen and oxygen atoms in total. The van der Waals surface area contributed by atoms with Gasteiger partial charge in [0, 0.05) is 26.7 Å². The summed E-state index contributed by atoms with van der Waals surface area (Å²) in [6.07, 6.45) is 2.58. The zero-order chi connectivity index (χ0) is 16.3. The van der Waals surface area contributed by atoms with Gasteiger partial charge in [-0.1, -0.05) is 6.92 Å². The van der Waals surface area contributed by atoms with Gasteiger partial charge >= 0.3 is 0 Å². The molecule has 0 fully saturated rings. The number of ether oxygens (including phenoxy) is 1. The first-order valence-electron chi connectivity index (χ1n) is 7.86. The highest BCUT2D eigenvalue weighted by atomic mass is 32.1. The summed E-state index contributed by atoms with van der Waals surface area (Å²) < 4.78 is 10.8. The summed E-state index contributed by atoms with van der Waals surface area (Å²) in [6, 6.07) is 5.95. The zero-order valence-corrected chi connectivity index (χ0v) is 14.6. The number of nitrogens with zero attached hydrogens (tertiary/aromatic N) is 1. The molecule has 23 heavy (non-hydrogen) atoms. The number of guanidine groups is 1. The Labute approximate surface area is 141 Å². The molecule has 0 bridgehead atoms. The van der Waals surface area contributed by atoms with Gasteiger partial charge in [-0.05, 0) is 46.9 Å². The Hall–Kier alpha value is -1.79. The van der Waals surface area contributed by atoms with Gasteiger partial charge < -0.3 is 19.8 Å². The van der Waals surface area contributed by atoms with Crippen molar-refractivity contribution in [2.75, 3.05) is 26.7 Å². The minimum absolute atomic E-state index is 0.469. The van der Waals surface area contributed by atoms with E-state index in [1.54, 1.807) is 24.6 Å². The molecular formula is C17H25N3O2S. The third-order valence-corrected chi connectivity index (χ3v) is 4.20. The van der Waals surface area contributed by atoms with Crippen LogP contribution in [-0.4, -0.2) is 32.7 Å². The predicted octanol–water partition coefficient (Wildman–Crippen LogP) is 3.22. The fraction of sp³-hybridized carbons (Fsp3) is 0.471. The molecule has 0 saturated heterocycles. The third kappa shape index (κ3) is 6.46. The minimum atomic E-state index is 0.469. The highest BCUT2D eigenvalue weighted by molar-refractivity contribution is 7.07. The Kier molecular flexibility index (Phi) is 7.69. The minimum Gasteiger partial charge on any atom is -0.467 e. The molecule has 0 aromatic carbocycles. The molecule has 1 unspecified atom stereocenters. The molecule has 0 aliphatic carbocycles. The Morgan fingerprint density at radius 1 is 1.39 bits per heavy atom. The molecule has 126 valence electrons. The Balaban J connectivity index is 1.54. The molecular weight excluding hydrogens is 310 g/mol. The zero-order valence-electron chi connectivity index (χ0n) is 13.7. The SMILES string of the molecule is CN=C(NCCCOCc1ccco1)NCC(C)c1ccsc1. The summed E-state index contributed by atoms with van der Waals surface area (Å²) in [4.78, 5) is 4.24. The van der Waals surface area contributed by atoms with E-state index in [1.165, 1.54) is 5.56 Å². The van der Waals surface area contributed by atoms with Crippen molar-refractivity contribution in [1.29, 1.82) is 0 Å². The van der Waals surface area contributed by atoms with Gasteiger partial charge in [-0.15, -0.1) is 0 Å². The van der Waals surface area contributed by atoms with Gasteiger partial charge in [0.15, 0.2) is 5.96 Å². The maximum absolute atomic E-state index is 5.55. The van der Waals surface area contributed by atoms with Crippen LogP contribution < -0.4 is 10.6 Å². The van der Waals surface area contributed by atoms with Crippen LogP contribution in [0, 0.1) is 0 Å². The smallest absolute Gasteiger partial charge is 0.190 e. The van der Waals surface area contributed by atoms with Crippen molar-refractivity contribution in [1.82, 2.24) is 10.6 Å². The second-order valence-electron chi connectivity index (χ2n) is 5.32. The highest BCUT2D eigenvalue weighted by Gasteiger charge is 2.06. The maximum Gasteiger partial charge on any atom is 0.190 e. The van der Waals surface area contributed by atoms with E-state index in [0.717, 1.165) is 31.2 Å². The highest BCUT2D eigenvalue weighted by Crippen LogP contribution is 2.16. The van der Waals surface area contributed by atoms with E-state index in [1.807, 2.05) is 12.1 Å². The summed E-state index contributed by atoms with van der Waals surface area (Å²) in [5.41, 5.74) is 1.37. The lowest BCUT2D eigenvalue weighted by atomic mass is 10.1. The van der Waals surface area contributed by atoms with Crippen LogP contribution in [0.4, 0.5) is 0 Å². The van der Waals surface area contributed by atoms with Crippen molar-refractivity contribution in [3.05, 3.63) is 46.5 Å². The first kappa shape index (κ1) is 17.6. The molecule has 2 rings (SSSR count). The van der Waals surface area contributed by atoms with Gasteiger partial charge in [-0.3, -0.25) is 4.99 Å². The Morgan fingerprint density at radius 2 is 2.30 bits per heavy atom. The molecule has 1 atom stereocenters. The lowest BCUT2D eigenvalue weighted by Gasteiger charge is -2.15. The average Bonchev–Trinajstić information content (AvgIpc) is 3.26. The maximum atomic E-state index is 5.55. The van der Waals surface area contributed by atoms with Crippen LogP contribution >= 0.6 is 11.3 Å². The van der Waals surface area contributed by atoms with Gasteiger partial charge in [0.2, 0.25) is 0 Å². The molecule has 0 amide bonds. The molecule has 2 aromatic rings. The summed E-state index contributed by atoms with van der Waals surface area (Å²) in [7, 11) is 1.79. The Morgan fingerprint density at radius 3 is 3.00 bits per heavy atom. The number of hydrogen-bond donors (Lipinski definition) is 2. The number of nitrogens with one attached hydrogen (secondary N) is 2. The van der Waals surface area contributed by atoms with Crippen LogP contribution in [0.3, 0.4) is 0 Å². The molecule has 0 radical (unpaired) electrons. The van der Waals surface area contributed by atoms with E-state index in [-0.39, 0.29) is 0 Å². The van der Waals surface area contributed by atoms with Crippen LogP contribution in [0.15, 0.2) is 44.6 Å². The third-order valence-electron chi connectivity index (χ3n) is 3.49. The molecule has 0 spiro atoms. The molecule has 0 aliphatic rings. The van der Waals surface area contributed by atoms with Crippen LogP contribution in [0.25, 0.3) is 0 Å². The molecule has 2 heterocycles. The van der Waals surface area contributed by atoms with Crippen LogP contribution in [0.5, 0.6) is 0 Å². The van der Waals surface area contributed by atoms with E-state index < -0.39 is 0 Å². The number of hydrogen-bond acceptors (Lipinski definition) is 4. The topological polar surface area (TPSA) is 58.8 Å². The fourth-order valence-electron chi connectivity index (χ4n) is 2.09. The average molecular weight is 335 g/mol. The van der Waals surface area contributed by atoms with Gasteiger partial charge in [0.25, 0.3) is 0 Å². The van der Waals surface area contributed by atoms with Crippen molar-refractivity contribution in [2.45, 2.75) is 25.9 Å². The van der Waals surface area contributed by atoms with Crippen molar-refractivity contribution in [3.63, 3.8) is 0 Å². The summed E-state index contributed by atoms with van der Waals surface area (Å²) in [5.74, 6) is 2.16. The van der Waals surface area contributed by atoms with E-state index in [9.17, 15) is 0 Å². The van der Waals surface area contributed by atoms with Crippen molar-refractivity contribution in [2.24, 2.45) is 4.99 Å². The first-order chi connectivity index (χ1) is 11.3. The van der Waals surface area contributed by atoms with Crippen LogP contribution in [0.2, 0.25) is 0 Å². The predicted molar refractivity (Wildman–Crippen MR) is 95.1 cm³/mol. The van der Waals surface area contributed by atoms with Crippen LogP contribution in [-0.2, 0) is 11.3 Å². The number of rotatable bonds is 9. The van der Waals surface area contributed by atoms with Gasteiger partial charge in [-0.25, -0.2) is 0 Å². The van der Waals surface area contributed by atoms with Crippen LogP contribution in [0.1, 0.15) is 30.6 Å². The standard InChI is InChI=1S/C17H25N3O2S/c1-14(15-6-10-23-13-15)11-20-17(18-2)19-7-4-8-21-12-16-5-3-9-22-16/h3,5-6,9-10,13-14H,4,7-8,11-12H2,1-2H3,(H2,18,19,20). The van der Waals surface area contributed by atoms with Crippen molar-refractivity contribution < 1.29 is 9.15 Å². The van der Waals surface area contributed by atoms with Gasteiger partial charge in [0.1, 0.15) is 12.4 Å². The van der Waals surface area contributed by atoms with E-state index in [4.69, 9.17) is 9.15 Å². The first-order valence-corrected chi connectivity index (χ1v) is 8.80. The monoisotopic (exact) mass is 335 g/mol. The number of thiophene rings is 1. The molecule has 6 heteroatoms. The largest absolute Gasteiger partial charge is 0.467 e. The molecule has 2 aromatic heterocycles. The fourth-order valence-corrected chi connectivity index (χ4v) is 2.87. The van der Waals surface area contributed by atoms with E-state index >= 15 is 0 Å². The lowest BCUT2D eigenvalue weighted by Crippen LogP contribution is -2.39. The van der Waals surface area contributed by atoms with E-state index in [2.05, 4.69) is 39.4 Å². The van der Waals surface area contributed by atoms with Gasteiger partial charge in [-0.2, -0.15) is 11.3 Å². The van der Waals surface area contributed by atoms with Crippen molar-refractivity contribution in [3.8, 4) is 0 Å². The lowest BCUT2D eigenvalue weighted by molar-refractivity contribution is 0.105. The van der Waals surface area contributed by atoms with Crippen molar-refractivity contribution >= 4 is 17.3 Å². The van der Waals surface area contributed by atoms with Gasteiger partial charge in [0.05, 0.1) is 6.26 Å². The molecule has 0 aliphatic heterocycles. The Bertz CT molecular complexity index is 552. The second kappa shape index (κ2) is 10.1. The molecule has 0 saturated carbocycles. The summed E-state index contributed by atoms with van der Waals surface area (Å²) >= 11 is 1.73.